The maximum Gasteiger partial charge on any atom is 0.322 e. The van der Waals surface area contributed by atoms with Crippen LogP contribution in [0.5, 0.6) is 0 Å². The quantitative estimate of drug-likeness (QED) is 0.370. The molecule has 0 saturated carbocycles. The van der Waals surface area contributed by atoms with Crippen molar-refractivity contribution in [2.45, 2.75) is 25.3 Å². The molecule has 5 rings (SSSR count). The fourth-order valence-electron chi connectivity index (χ4n) is 4.04. The summed E-state index contributed by atoms with van der Waals surface area (Å²) in [7, 11) is 0. The fourth-order valence-corrected chi connectivity index (χ4v) is 4.30. The van der Waals surface area contributed by atoms with Crippen LogP contribution < -0.4 is 5.32 Å². The first-order valence-corrected chi connectivity index (χ1v) is 11.1. The van der Waals surface area contributed by atoms with Gasteiger partial charge in [0.25, 0.3) is 0 Å². The van der Waals surface area contributed by atoms with E-state index < -0.39 is 0 Å². The van der Waals surface area contributed by atoms with Crippen molar-refractivity contribution >= 4 is 38.4 Å². The van der Waals surface area contributed by atoms with E-state index in [0.29, 0.717) is 18.3 Å². The zero-order valence-corrected chi connectivity index (χ0v) is 18.4. The molecule has 1 N–H and O–H groups in total. The first kappa shape index (κ1) is 19.8. The number of benzene rings is 3. The van der Waals surface area contributed by atoms with Gasteiger partial charge in [-0.25, -0.2) is 4.79 Å². The van der Waals surface area contributed by atoms with Gasteiger partial charge in [0, 0.05) is 22.0 Å². The van der Waals surface area contributed by atoms with Crippen LogP contribution in [0.4, 0.5) is 10.5 Å². The lowest BCUT2D eigenvalue weighted by Gasteiger charge is -2.33. The molecule has 3 aromatic carbocycles. The number of likely N-dealkylation sites (tertiary alicyclic amines) is 1. The maximum absolute atomic E-state index is 13.2. The van der Waals surface area contributed by atoms with E-state index in [1.807, 2.05) is 71.6 Å². The van der Waals surface area contributed by atoms with Crippen molar-refractivity contribution in [1.82, 2.24) is 15.0 Å². The van der Waals surface area contributed by atoms with E-state index in [1.54, 1.807) is 0 Å². The van der Waals surface area contributed by atoms with Crippen molar-refractivity contribution in [3.8, 4) is 11.4 Å². The molecule has 0 radical (unpaired) electrons. The Balaban J connectivity index is 1.39. The molecule has 1 unspecified atom stereocenters. The molecule has 1 atom stereocenters. The van der Waals surface area contributed by atoms with Crippen molar-refractivity contribution in [3.05, 3.63) is 77.1 Å². The van der Waals surface area contributed by atoms with Gasteiger partial charge in [-0.05, 0) is 55.0 Å². The molecule has 1 saturated heterocycles. The van der Waals surface area contributed by atoms with Crippen molar-refractivity contribution in [2.24, 2.45) is 0 Å². The van der Waals surface area contributed by atoms with Crippen LogP contribution in [0.3, 0.4) is 0 Å². The van der Waals surface area contributed by atoms with Gasteiger partial charge in [0.2, 0.25) is 11.7 Å². The third-order valence-electron chi connectivity index (χ3n) is 5.62. The highest BCUT2D eigenvalue weighted by Gasteiger charge is 2.32. The van der Waals surface area contributed by atoms with Gasteiger partial charge < -0.3 is 14.7 Å². The van der Waals surface area contributed by atoms with Gasteiger partial charge >= 0.3 is 6.03 Å². The number of rotatable bonds is 3. The molecule has 156 valence electrons. The van der Waals surface area contributed by atoms with Crippen molar-refractivity contribution in [3.63, 3.8) is 0 Å². The molecule has 7 heteroatoms. The summed E-state index contributed by atoms with van der Waals surface area (Å²) in [6.07, 6.45) is 2.76. The Morgan fingerprint density at radius 2 is 1.84 bits per heavy atom. The Labute approximate surface area is 188 Å². The van der Waals surface area contributed by atoms with Crippen LogP contribution in [-0.4, -0.2) is 27.6 Å². The number of piperidine rings is 1. The zero-order valence-electron chi connectivity index (χ0n) is 16.8. The normalized spacial score (nSPS) is 16.4. The standard InChI is InChI=1S/C24H21BrN4O2/c25-18-13-11-17(12-14-18)22-27-23(31-28-22)21-10-3-4-15-29(21)24(30)26-20-9-5-7-16-6-1-2-8-19(16)20/h1-2,5-9,11-14,21H,3-4,10,15H2,(H,26,30). The minimum absolute atomic E-state index is 0.149. The summed E-state index contributed by atoms with van der Waals surface area (Å²) < 4.78 is 6.58. The predicted molar refractivity (Wildman–Crippen MR) is 124 cm³/mol. The first-order valence-electron chi connectivity index (χ1n) is 10.3. The van der Waals surface area contributed by atoms with E-state index in [9.17, 15) is 4.79 Å². The van der Waals surface area contributed by atoms with Crippen LogP contribution in [0, 0.1) is 0 Å². The van der Waals surface area contributed by atoms with Crippen molar-refractivity contribution < 1.29 is 9.32 Å². The minimum Gasteiger partial charge on any atom is -0.337 e. The van der Waals surface area contributed by atoms with Crippen LogP contribution >= 0.6 is 15.9 Å². The van der Waals surface area contributed by atoms with E-state index in [2.05, 4.69) is 31.4 Å². The highest BCUT2D eigenvalue weighted by atomic mass is 79.9. The number of urea groups is 1. The Morgan fingerprint density at radius 1 is 1.03 bits per heavy atom. The largest absolute Gasteiger partial charge is 0.337 e. The maximum atomic E-state index is 13.2. The number of anilines is 1. The monoisotopic (exact) mass is 476 g/mol. The molecule has 2 amide bonds. The zero-order chi connectivity index (χ0) is 21.2. The molecule has 1 aliphatic heterocycles. The smallest absolute Gasteiger partial charge is 0.322 e. The van der Waals surface area contributed by atoms with Crippen LogP contribution in [0.1, 0.15) is 31.2 Å². The topological polar surface area (TPSA) is 71.3 Å². The molecule has 0 aliphatic carbocycles. The third kappa shape index (κ3) is 4.05. The molecule has 31 heavy (non-hydrogen) atoms. The molecule has 2 heterocycles. The Morgan fingerprint density at radius 3 is 2.71 bits per heavy atom. The number of amides is 2. The third-order valence-corrected chi connectivity index (χ3v) is 6.15. The number of fused-ring (bicyclic) bond motifs is 1. The van der Waals surface area contributed by atoms with Gasteiger partial charge in [-0.2, -0.15) is 4.98 Å². The second-order valence-corrected chi connectivity index (χ2v) is 8.54. The number of nitrogens with one attached hydrogen (secondary N) is 1. The molecule has 4 aromatic rings. The Kier molecular flexibility index (Phi) is 5.42. The summed E-state index contributed by atoms with van der Waals surface area (Å²) >= 11 is 3.44. The summed E-state index contributed by atoms with van der Waals surface area (Å²) in [6.45, 7) is 0.650. The molecule has 1 fully saturated rings. The molecule has 6 nitrogen and oxygen atoms in total. The number of carbonyl (C=O) groups is 1. The average Bonchev–Trinajstić information content (AvgIpc) is 3.30. The van der Waals surface area contributed by atoms with Gasteiger partial charge in [-0.1, -0.05) is 57.5 Å². The highest BCUT2D eigenvalue weighted by Crippen LogP contribution is 2.32. The number of hydrogen-bond donors (Lipinski definition) is 1. The number of nitrogens with zero attached hydrogens (tertiary/aromatic N) is 3. The van der Waals surface area contributed by atoms with E-state index in [0.717, 1.165) is 45.8 Å². The Bertz CT molecular complexity index is 1220. The van der Waals surface area contributed by atoms with Gasteiger partial charge in [0.15, 0.2) is 0 Å². The second-order valence-electron chi connectivity index (χ2n) is 7.62. The molecular formula is C24H21BrN4O2. The van der Waals surface area contributed by atoms with Gasteiger partial charge in [-0.3, -0.25) is 0 Å². The highest BCUT2D eigenvalue weighted by molar-refractivity contribution is 9.10. The molecular weight excluding hydrogens is 456 g/mol. The minimum atomic E-state index is -0.236. The summed E-state index contributed by atoms with van der Waals surface area (Å²) in [5, 5.41) is 9.35. The van der Waals surface area contributed by atoms with E-state index in [-0.39, 0.29) is 12.1 Å². The summed E-state index contributed by atoms with van der Waals surface area (Å²) in [6, 6.07) is 21.3. The molecule has 1 aliphatic rings. The summed E-state index contributed by atoms with van der Waals surface area (Å²) in [4.78, 5) is 19.6. The van der Waals surface area contributed by atoms with Crippen LogP contribution in [0.15, 0.2) is 75.7 Å². The summed E-state index contributed by atoms with van der Waals surface area (Å²) in [5.41, 5.74) is 1.68. The van der Waals surface area contributed by atoms with Crippen LogP contribution in [0.25, 0.3) is 22.2 Å². The van der Waals surface area contributed by atoms with E-state index in [4.69, 9.17) is 4.52 Å². The summed E-state index contributed by atoms with van der Waals surface area (Å²) in [5.74, 6) is 1.01. The lowest BCUT2D eigenvalue weighted by Crippen LogP contribution is -2.41. The number of halogens is 1. The number of hydrogen-bond acceptors (Lipinski definition) is 4. The fraction of sp³-hybridized carbons (Fsp3) is 0.208. The Hall–Kier alpha value is -3.19. The molecule has 1 aromatic heterocycles. The molecule has 0 spiro atoms. The number of aromatic nitrogens is 2. The van der Waals surface area contributed by atoms with Crippen LogP contribution in [-0.2, 0) is 0 Å². The van der Waals surface area contributed by atoms with Gasteiger partial charge in [0.05, 0.1) is 5.69 Å². The van der Waals surface area contributed by atoms with Crippen molar-refractivity contribution in [1.29, 1.82) is 0 Å². The second kappa shape index (κ2) is 8.51. The predicted octanol–water partition coefficient (Wildman–Crippen LogP) is 6.41. The van der Waals surface area contributed by atoms with E-state index >= 15 is 0 Å². The SMILES string of the molecule is O=C(Nc1cccc2ccccc12)N1CCCCC1c1nc(-c2ccc(Br)cc2)no1. The first-order chi connectivity index (χ1) is 15.2. The lowest BCUT2D eigenvalue weighted by atomic mass is 10.0. The van der Waals surface area contributed by atoms with Crippen LogP contribution in [0.2, 0.25) is 0 Å². The van der Waals surface area contributed by atoms with Gasteiger partial charge in [0.1, 0.15) is 6.04 Å². The van der Waals surface area contributed by atoms with E-state index in [1.165, 1.54) is 0 Å². The molecule has 0 bridgehead atoms. The van der Waals surface area contributed by atoms with Crippen molar-refractivity contribution in [2.75, 3.05) is 11.9 Å². The van der Waals surface area contributed by atoms with Gasteiger partial charge in [-0.15, -0.1) is 0 Å². The average molecular weight is 477 g/mol. The lowest BCUT2D eigenvalue weighted by molar-refractivity contribution is 0.142. The number of carbonyl (C=O) groups excluding carboxylic acids is 1.